The Morgan fingerprint density at radius 1 is 1.11 bits per heavy atom. The van der Waals surface area contributed by atoms with Crippen LogP contribution in [0.3, 0.4) is 0 Å². The Morgan fingerprint density at radius 2 is 1.95 bits per heavy atom. The van der Waals surface area contributed by atoms with Gasteiger partial charge in [-0.15, -0.1) is 0 Å². The minimum absolute atomic E-state index is 0.422. The molecule has 1 aliphatic carbocycles. The Balaban J connectivity index is 1.62. The minimum Gasteiger partial charge on any atom is -0.328 e. The van der Waals surface area contributed by atoms with Gasteiger partial charge in [0.15, 0.2) is 0 Å². The first-order chi connectivity index (χ1) is 9.31. The predicted molar refractivity (Wildman–Crippen MR) is 78.8 cm³/mol. The third-order valence-corrected chi connectivity index (χ3v) is 4.07. The molecule has 3 rings (SSSR count). The van der Waals surface area contributed by atoms with Gasteiger partial charge in [0.1, 0.15) is 0 Å². The lowest BCUT2D eigenvalue weighted by Gasteiger charge is -2.27. The average Bonchev–Trinajstić information content (AvgIpc) is 2.46. The normalized spacial score (nSPS) is 23.6. The van der Waals surface area contributed by atoms with Crippen LogP contribution in [0.25, 0.3) is 10.8 Å². The Kier molecular flexibility index (Phi) is 3.76. The lowest BCUT2D eigenvalue weighted by atomic mass is 9.92. The zero-order chi connectivity index (χ0) is 13.1. The van der Waals surface area contributed by atoms with Crippen molar-refractivity contribution in [3.8, 4) is 0 Å². The first-order valence-electron chi connectivity index (χ1n) is 7.13. The summed E-state index contributed by atoms with van der Waals surface area (Å²) in [6.45, 7) is 0.943. The summed E-state index contributed by atoms with van der Waals surface area (Å²) < 4.78 is 0. The van der Waals surface area contributed by atoms with Crippen LogP contribution in [-0.4, -0.2) is 17.1 Å². The molecule has 1 aromatic carbocycles. The monoisotopic (exact) mass is 255 g/mol. The number of benzene rings is 1. The van der Waals surface area contributed by atoms with Gasteiger partial charge in [0, 0.05) is 36.4 Å². The van der Waals surface area contributed by atoms with Gasteiger partial charge in [0.2, 0.25) is 0 Å². The molecule has 0 amide bonds. The number of nitrogens with zero attached hydrogens (tertiary/aromatic N) is 1. The van der Waals surface area contributed by atoms with Gasteiger partial charge in [-0.3, -0.25) is 4.98 Å². The Hall–Kier alpha value is -1.45. The van der Waals surface area contributed by atoms with Crippen molar-refractivity contribution in [2.24, 2.45) is 5.73 Å². The molecule has 0 saturated heterocycles. The second kappa shape index (κ2) is 5.68. The van der Waals surface area contributed by atoms with E-state index in [4.69, 9.17) is 5.73 Å². The van der Waals surface area contributed by atoms with Crippen LogP contribution in [0.2, 0.25) is 0 Å². The molecular formula is C16H21N3. The standard InChI is InChI=1S/C16H21N3/c17-15-3-5-16(6-4-15)19-10-12-1-2-14-11-18-8-7-13(14)9-12/h1-2,7-9,11,15-16,19H,3-6,10,17H2. The second-order valence-corrected chi connectivity index (χ2v) is 5.55. The lowest BCUT2D eigenvalue weighted by molar-refractivity contribution is 0.342. The summed E-state index contributed by atoms with van der Waals surface area (Å²) >= 11 is 0. The maximum Gasteiger partial charge on any atom is 0.0346 e. The average molecular weight is 255 g/mol. The van der Waals surface area contributed by atoms with Gasteiger partial charge in [0.05, 0.1) is 0 Å². The van der Waals surface area contributed by atoms with Crippen LogP contribution in [0, 0.1) is 0 Å². The molecule has 1 fully saturated rings. The van der Waals surface area contributed by atoms with E-state index >= 15 is 0 Å². The number of rotatable bonds is 3. The summed E-state index contributed by atoms with van der Waals surface area (Å²) in [5, 5.41) is 6.12. The fourth-order valence-corrected chi connectivity index (χ4v) is 2.83. The van der Waals surface area contributed by atoms with E-state index in [1.165, 1.54) is 29.2 Å². The molecule has 100 valence electrons. The molecule has 1 saturated carbocycles. The number of nitrogens with one attached hydrogen (secondary N) is 1. The summed E-state index contributed by atoms with van der Waals surface area (Å²) in [6, 6.07) is 9.71. The summed E-state index contributed by atoms with van der Waals surface area (Å²) in [4.78, 5) is 4.14. The van der Waals surface area contributed by atoms with Crippen molar-refractivity contribution in [2.75, 3.05) is 0 Å². The highest BCUT2D eigenvalue weighted by atomic mass is 14.9. The number of nitrogens with two attached hydrogens (primary N) is 1. The minimum atomic E-state index is 0.422. The molecule has 0 radical (unpaired) electrons. The number of pyridine rings is 1. The number of hydrogen-bond donors (Lipinski definition) is 2. The van der Waals surface area contributed by atoms with Crippen LogP contribution in [0.15, 0.2) is 36.7 Å². The zero-order valence-corrected chi connectivity index (χ0v) is 11.2. The van der Waals surface area contributed by atoms with E-state index in [-0.39, 0.29) is 0 Å². The van der Waals surface area contributed by atoms with E-state index in [2.05, 4.69) is 34.6 Å². The molecule has 1 heterocycles. The van der Waals surface area contributed by atoms with Crippen LogP contribution in [-0.2, 0) is 6.54 Å². The van der Waals surface area contributed by atoms with Crippen molar-refractivity contribution in [1.82, 2.24) is 10.3 Å². The van der Waals surface area contributed by atoms with Gasteiger partial charge in [-0.1, -0.05) is 12.1 Å². The third kappa shape index (κ3) is 3.11. The van der Waals surface area contributed by atoms with Gasteiger partial charge in [0.25, 0.3) is 0 Å². The Bertz CT molecular complexity index is 544. The van der Waals surface area contributed by atoms with Gasteiger partial charge in [-0.25, -0.2) is 0 Å². The highest BCUT2D eigenvalue weighted by Gasteiger charge is 2.17. The van der Waals surface area contributed by atoms with Crippen LogP contribution in [0.5, 0.6) is 0 Å². The summed E-state index contributed by atoms with van der Waals surface area (Å²) in [7, 11) is 0. The highest BCUT2D eigenvalue weighted by Crippen LogP contribution is 2.18. The quantitative estimate of drug-likeness (QED) is 0.886. The number of aromatic nitrogens is 1. The summed E-state index contributed by atoms with van der Waals surface area (Å²) in [5.41, 5.74) is 7.27. The lowest BCUT2D eigenvalue weighted by Crippen LogP contribution is -2.36. The van der Waals surface area contributed by atoms with Crippen LogP contribution in [0.1, 0.15) is 31.2 Å². The molecule has 0 unspecified atom stereocenters. The van der Waals surface area contributed by atoms with E-state index in [9.17, 15) is 0 Å². The summed E-state index contributed by atoms with van der Waals surface area (Å²) in [5.74, 6) is 0. The van der Waals surface area contributed by atoms with Crippen molar-refractivity contribution >= 4 is 10.8 Å². The molecule has 3 heteroatoms. The molecule has 0 spiro atoms. The second-order valence-electron chi connectivity index (χ2n) is 5.55. The van der Waals surface area contributed by atoms with Crippen LogP contribution >= 0.6 is 0 Å². The van der Waals surface area contributed by atoms with E-state index in [1.807, 2.05) is 12.4 Å². The summed E-state index contributed by atoms with van der Waals surface area (Å²) in [6.07, 6.45) is 8.48. The van der Waals surface area contributed by atoms with E-state index < -0.39 is 0 Å². The molecule has 3 N–H and O–H groups in total. The van der Waals surface area contributed by atoms with Crippen molar-refractivity contribution in [1.29, 1.82) is 0 Å². The maximum atomic E-state index is 5.93. The van der Waals surface area contributed by atoms with Gasteiger partial charge < -0.3 is 11.1 Å². The maximum absolute atomic E-state index is 5.93. The largest absolute Gasteiger partial charge is 0.328 e. The molecule has 0 atom stereocenters. The highest BCUT2D eigenvalue weighted by molar-refractivity contribution is 5.81. The zero-order valence-electron chi connectivity index (χ0n) is 11.2. The molecule has 1 aromatic heterocycles. The topological polar surface area (TPSA) is 50.9 Å². The fraction of sp³-hybridized carbons (Fsp3) is 0.438. The van der Waals surface area contributed by atoms with Crippen molar-refractivity contribution in [3.05, 3.63) is 42.2 Å². The van der Waals surface area contributed by atoms with Gasteiger partial charge in [-0.05, 0) is 48.8 Å². The predicted octanol–water partition coefficient (Wildman–Crippen LogP) is 2.59. The van der Waals surface area contributed by atoms with Crippen molar-refractivity contribution in [3.63, 3.8) is 0 Å². The molecule has 0 bridgehead atoms. The molecule has 2 aromatic rings. The van der Waals surface area contributed by atoms with Crippen molar-refractivity contribution in [2.45, 2.75) is 44.3 Å². The molecule has 0 aliphatic heterocycles. The molecule has 3 nitrogen and oxygen atoms in total. The SMILES string of the molecule is NC1CCC(NCc2ccc3cnccc3c2)CC1. The smallest absolute Gasteiger partial charge is 0.0346 e. The fourth-order valence-electron chi connectivity index (χ4n) is 2.83. The van der Waals surface area contributed by atoms with E-state index in [0.29, 0.717) is 12.1 Å². The molecule has 19 heavy (non-hydrogen) atoms. The third-order valence-electron chi connectivity index (χ3n) is 4.07. The van der Waals surface area contributed by atoms with E-state index in [1.54, 1.807) is 0 Å². The van der Waals surface area contributed by atoms with Crippen LogP contribution in [0.4, 0.5) is 0 Å². The Morgan fingerprint density at radius 3 is 2.79 bits per heavy atom. The molecular weight excluding hydrogens is 234 g/mol. The van der Waals surface area contributed by atoms with E-state index in [0.717, 1.165) is 19.4 Å². The van der Waals surface area contributed by atoms with Crippen molar-refractivity contribution < 1.29 is 0 Å². The first kappa shape index (κ1) is 12.6. The molecule has 1 aliphatic rings. The number of fused-ring (bicyclic) bond motifs is 1. The first-order valence-corrected chi connectivity index (χ1v) is 7.13. The van der Waals surface area contributed by atoms with Gasteiger partial charge >= 0.3 is 0 Å². The van der Waals surface area contributed by atoms with Crippen LogP contribution < -0.4 is 11.1 Å². The number of hydrogen-bond acceptors (Lipinski definition) is 3. The Labute approximate surface area is 114 Å². The van der Waals surface area contributed by atoms with Gasteiger partial charge in [-0.2, -0.15) is 0 Å².